The van der Waals surface area contributed by atoms with E-state index in [1.54, 1.807) is 13.8 Å². The van der Waals surface area contributed by atoms with Crippen LogP contribution in [0.1, 0.15) is 40.0 Å². The van der Waals surface area contributed by atoms with Crippen molar-refractivity contribution >= 4 is 0 Å². The molecule has 0 atom stereocenters. The molecule has 1 nitrogen and oxygen atoms in total. The lowest BCUT2D eigenvalue weighted by molar-refractivity contribution is 0.116. The Morgan fingerprint density at radius 3 is 2.30 bits per heavy atom. The minimum Gasteiger partial charge on any atom is -0.386 e. The van der Waals surface area contributed by atoms with Gasteiger partial charge in [0.25, 0.3) is 0 Å². The van der Waals surface area contributed by atoms with Gasteiger partial charge in [-0.3, -0.25) is 0 Å². The summed E-state index contributed by atoms with van der Waals surface area (Å²) in [7, 11) is 0. The molecule has 0 radical (unpaired) electrons. The zero-order valence-corrected chi connectivity index (χ0v) is 7.28. The summed E-state index contributed by atoms with van der Waals surface area (Å²) in [5, 5.41) is 9.41. The van der Waals surface area contributed by atoms with Crippen molar-refractivity contribution in [3.05, 3.63) is 12.2 Å². The normalized spacial score (nSPS) is 11.6. The fourth-order valence-corrected chi connectivity index (χ4v) is 0.696. The van der Waals surface area contributed by atoms with Gasteiger partial charge >= 0.3 is 0 Å². The summed E-state index contributed by atoms with van der Waals surface area (Å²) in [6, 6.07) is 0. The van der Waals surface area contributed by atoms with Gasteiger partial charge in [0, 0.05) is 0 Å². The van der Waals surface area contributed by atoms with Gasteiger partial charge in [0.15, 0.2) is 0 Å². The summed E-state index contributed by atoms with van der Waals surface area (Å²) >= 11 is 0. The first kappa shape index (κ1) is 9.70. The van der Waals surface area contributed by atoms with Crippen molar-refractivity contribution in [2.24, 2.45) is 0 Å². The molecule has 0 rings (SSSR count). The minimum absolute atomic E-state index is 0.685. The van der Waals surface area contributed by atoms with Gasteiger partial charge in [0.1, 0.15) is 0 Å². The molecule has 0 fully saturated rings. The molecule has 0 amide bonds. The molecule has 0 aromatic carbocycles. The van der Waals surface area contributed by atoms with E-state index in [2.05, 4.69) is 13.5 Å². The molecule has 0 aliphatic rings. The van der Waals surface area contributed by atoms with E-state index in [1.807, 2.05) is 0 Å². The van der Waals surface area contributed by atoms with Gasteiger partial charge in [-0.15, -0.1) is 0 Å². The first-order valence-electron chi connectivity index (χ1n) is 3.89. The second-order valence-electron chi connectivity index (χ2n) is 3.27. The standard InChI is InChI=1S/C9H18O/c1-5-6-7-8(2)9(3,4)10/h10H,2,5-7H2,1,3-4H3. The average molecular weight is 142 g/mol. The Labute approximate surface area is 63.8 Å². The van der Waals surface area contributed by atoms with Crippen LogP contribution in [-0.2, 0) is 0 Å². The molecule has 0 bridgehead atoms. The van der Waals surface area contributed by atoms with Crippen LogP contribution in [0.15, 0.2) is 12.2 Å². The Morgan fingerprint density at radius 2 is 2.00 bits per heavy atom. The van der Waals surface area contributed by atoms with Crippen LogP contribution in [0.5, 0.6) is 0 Å². The highest BCUT2D eigenvalue weighted by molar-refractivity contribution is 5.07. The van der Waals surface area contributed by atoms with Crippen molar-refractivity contribution < 1.29 is 5.11 Å². The van der Waals surface area contributed by atoms with E-state index >= 15 is 0 Å². The molecule has 1 heteroatoms. The SMILES string of the molecule is C=C(CCCC)C(C)(C)O. The van der Waals surface area contributed by atoms with Gasteiger partial charge in [-0.25, -0.2) is 0 Å². The van der Waals surface area contributed by atoms with E-state index in [0.717, 1.165) is 24.8 Å². The summed E-state index contributed by atoms with van der Waals surface area (Å²) in [6.45, 7) is 9.52. The third-order valence-corrected chi connectivity index (χ3v) is 1.70. The van der Waals surface area contributed by atoms with Crippen LogP contribution < -0.4 is 0 Å². The highest BCUT2D eigenvalue weighted by Crippen LogP contribution is 2.18. The maximum Gasteiger partial charge on any atom is 0.0798 e. The van der Waals surface area contributed by atoms with Crippen molar-refractivity contribution in [2.75, 3.05) is 0 Å². The first-order valence-corrected chi connectivity index (χ1v) is 3.89. The highest BCUT2D eigenvalue weighted by atomic mass is 16.3. The molecule has 0 aliphatic carbocycles. The monoisotopic (exact) mass is 142 g/mol. The number of aliphatic hydroxyl groups is 1. The van der Waals surface area contributed by atoms with Gasteiger partial charge in [-0.1, -0.05) is 19.9 Å². The molecule has 60 valence electrons. The van der Waals surface area contributed by atoms with E-state index in [9.17, 15) is 5.11 Å². The molecule has 0 saturated carbocycles. The third-order valence-electron chi connectivity index (χ3n) is 1.70. The largest absolute Gasteiger partial charge is 0.386 e. The zero-order valence-electron chi connectivity index (χ0n) is 7.28. The lowest BCUT2D eigenvalue weighted by atomic mass is 9.95. The summed E-state index contributed by atoms with van der Waals surface area (Å²) in [5.41, 5.74) is 0.254. The quantitative estimate of drug-likeness (QED) is 0.598. The predicted molar refractivity (Wildman–Crippen MR) is 45.0 cm³/mol. The number of unbranched alkanes of at least 4 members (excludes halogenated alkanes) is 1. The Bertz CT molecular complexity index is 108. The Hall–Kier alpha value is -0.300. The summed E-state index contributed by atoms with van der Waals surface area (Å²) in [5.74, 6) is 0. The van der Waals surface area contributed by atoms with E-state index in [0.29, 0.717) is 0 Å². The van der Waals surface area contributed by atoms with E-state index in [1.165, 1.54) is 0 Å². The molecule has 0 aromatic heterocycles. The molecule has 0 heterocycles. The van der Waals surface area contributed by atoms with Crippen molar-refractivity contribution in [2.45, 2.75) is 45.6 Å². The molecule has 0 saturated heterocycles. The molecular weight excluding hydrogens is 124 g/mol. The fourth-order valence-electron chi connectivity index (χ4n) is 0.696. The van der Waals surface area contributed by atoms with Crippen molar-refractivity contribution in [3.8, 4) is 0 Å². The molecule has 0 unspecified atom stereocenters. The van der Waals surface area contributed by atoms with Gasteiger partial charge < -0.3 is 5.11 Å². The van der Waals surface area contributed by atoms with Crippen molar-refractivity contribution in [1.82, 2.24) is 0 Å². The van der Waals surface area contributed by atoms with Crippen LogP contribution in [0.25, 0.3) is 0 Å². The third kappa shape index (κ3) is 3.67. The van der Waals surface area contributed by atoms with Crippen LogP contribution in [0.4, 0.5) is 0 Å². The minimum atomic E-state index is -0.685. The van der Waals surface area contributed by atoms with E-state index < -0.39 is 5.60 Å². The molecule has 0 spiro atoms. The number of hydrogen-bond donors (Lipinski definition) is 1. The summed E-state index contributed by atoms with van der Waals surface area (Å²) < 4.78 is 0. The lowest BCUT2D eigenvalue weighted by Gasteiger charge is -2.19. The maximum atomic E-state index is 9.41. The van der Waals surface area contributed by atoms with Gasteiger partial charge in [0.2, 0.25) is 0 Å². The fraction of sp³-hybridized carbons (Fsp3) is 0.778. The van der Waals surface area contributed by atoms with Crippen LogP contribution in [0.2, 0.25) is 0 Å². The molecule has 10 heavy (non-hydrogen) atoms. The smallest absolute Gasteiger partial charge is 0.0798 e. The second kappa shape index (κ2) is 3.77. The second-order valence-corrected chi connectivity index (χ2v) is 3.27. The Balaban J connectivity index is 3.64. The average Bonchev–Trinajstić information content (AvgIpc) is 1.80. The summed E-state index contributed by atoms with van der Waals surface area (Å²) in [6.07, 6.45) is 3.23. The Kier molecular flexibility index (Phi) is 3.66. The molecule has 0 aromatic rings. The van der Waals surface area contributed by atoms with Crippen molar-refractivity contribution in [1.29, 1.82) is 0 Å². The van der Waals surface area contributed by atoms with E-state index in [-0.39, 0.29) is 0 Å². The zero-order chi connectivity index (χ0) is 8.20. The summed E-state index contributed by atoms with van der Waals surface area (Å²) in [4.78, 5) is 0. The predicted octanol–water partition coefficient (Wildman–Crippen LogP) is 2.50. The van der Waals surface area contributed by atoms with Gasteiger partial charge in [-0.05, 0) is 32.3 Å². The first-order chi connectivity index (χ1) is 4.48. The van der Waals surface area contributed by atoms with Gasteiger partial charge in [-0.2, -0.15) is 0 Å². The highest BCUT2D eigenvalue weighted by Gasteiger charge is 2.15. The Morgan fingerprint density at radius 1 is 1.50 bits per heavy atom. The van der Waals surface area contributed by atoms with Crippen LogP contribution in [0.3, 0.4) is 0 Å². The van der Waals surface area contributed by atoms with Gasteiger partial charge in [0.05, 0.1) is 5.60 Å². The molecular formula is C9H18O. The van der Waals surface area contributed by atoms with Crippen LogP contribution in [-0.4, -0.2) is 10.7 Å². The maximum absolute atomic E-state index is 9.41. The van der Waals surface area contributed by atoms with Crippen LogP contribution >= 0.6 is 0 Å². The van der Waals surface area contributed by atoms with E-state index in [4.69, 9.17) is 0 Å². The van der Waals surface area contributed by atoms with Crippen LogP contribution in [0, 0.1) is 0 Å². The molecule has 1 N–H and O–H groups in total. The topological polar surface area (TPSA) is 20.2 Å². The molecule has 0 aliphatic heterocycles. The lowest BCUT2D eigenvalue weighted by Crippen LogP contribution is -2.20. The number of rotatable bonds is 4. The number of hydrogen-bond acceptors (Lipinski definition) is 1. The van der Waals surface area contributed by atoms with Crippen molar-refractivity contribution in [3.63, 3.8) is 0 Å².